The van der Waals surface area contributed by atoms with Gasteiger partial charge < -0.3 is 13.7 Å². The second-order valence-corrected chi connectivity index (χ2v) is 10.9. The molecule has 0 heterocycles. The Labute approximate surface area is 222 Å². The van der Waals surface area contributed by atoms with Crippen LogP contribution in [0.25, 0.3) is 0 Å². The van der Waals surface area contributed by atoms with E-state index < -0.39 is 41.9 Å². The summed E-state index contributed by atoms with van der Waals surface area (Å²) < 4.78 is 89.5. The summed E-state index contributed by atoms with van der Waals surface area (Å²) in [5.74, 6) is -1.07. The van der Waals surface area contributed by atoms with Crippen LogP contribution in [0.3, 0.4) is 0 Å². The molecule has 0 spiro atoms. The first kappa shape index (κ1) is 38.4. The van der Waals surface area contributed by atoms with Gasteiger partial charge in [-0.25, -0.2) is 25.3 Å². The molecule has 0 N–H and O–H groups in total. The van der Waals surface area contributed by atoms with Crippen molar-refractivity contribution in [1.29, 1.82) is 0 Å². The van der Waals surface area contributed by atoms with Crippen molar-refractivity contribution in [2.24, 2.45) is 0 Å². The minimum atomic E-state index is -4.20. The first-order chi connectivity index (χ1) is 9.27. The fourth-order valence-electron chi connectivity index (χ4n) is 0.502. The molecule has 0 amide bonds. The van der Waals surface area contributed by atoms with E-state index >= 15 is 0 Å². The monoisotopic (exact) mass is 490 g/mol. The normalized spacial score (nSPS) is 11.0. The van der Waals surface area contributed by atoms with Gasteiger partial charge in [0.15, 0.2) is 0 Å². The minimum Gasteiger partial charge on any atom is -0.748 e. The zero-order valence-corrected chi connectivity index (χ0v) is 24.4. The molecule has 0 fully saturated rings. The average Bonchev–Trinajstić information content (AvgIpc) is 2.19. The van der Waals surface area contributed by atoms with Crippen LogP contribution >= 0.6 is 34.2 Å². The van der Waals surface area contributed by atoms with Crippen LogP contribution in [-0.2, 0) is 30.4 Å². The van der Waals surface area contributed by atoms with E-state index in [-0.39, 0.29) is 112 Å². The predicted molar refractivity (Wildman–Crippen MR) is 82.5 cm³/mol. The van der Waals surface area contributed by atoms with E-state index in [4.69, 9.17) is 0 Å². The number of rotatable bonds is 9. The van der Waals surface area contributed by atoms with Crippen molar-refractivity contribution in [3.63, 3.8) is 0 Å². The molecule has 0 saturated heterocycles. The molecule has 0 aliphatic carbocycles. The predicted octanol–water partition coefficient (Wildman–Crippen LogP) is -10.1. The van der Waals surface area contributed by atoms with Gasteiger partial charge in [-0.1, -0.05) is 21.6 Å². The summed E-state index contributed by atoms with van der Waals surface area (Å²) in [4.78, 5) is 0. The van der Waals surface area contributed by atoms with Crippen LogP contribution in [0.2, 0.25) is 0 Å². The molecule has 0 atom stereocenters. The molecule has 0 aromatic carbocycles. The topological polar surface area (TPSA) is 172 Å². The molecule has 0 radical (unpaired) electrons. The van der Waals surface area contributed by atoms with E-state index in [0.717, 1.165) is 21.6 Å². The summed E-state index contributed by atoms with van der Waals surface area (Å²) in [5.41, 5.74) is 0. The Hall–Kier alpha value is 3.78. The van der Waals surface area contributed by atoms with Crippen molar-refractivity contribution in [2.45, 2.75) is 0 Å². The fraction of sp³-hybridized carbons (Fsp3) is 1.00. The van der Waals surface area contributed by atoms with Crippen molar-refractivity contribution in [3.05, 3.63) is 0 Å². The zero-order valence-electron chi connectivity index (χ0n) is 13.4. The smallest absolute Gasteiger partial charge is 0.748 e. The maximum atomic E-state index is 10.1. The summed E-state index contributed by atoms with van der Waals surface area (Å²) >= 11 is 3.53. The molecule has 0 aliphatic heterocycles. The van der Waals surface area contributed by atoms with E-state index in [2.05, 4.69) is 12.6 Å². The molecular weight excluding hydrogens is 477 g/mol. The molecular formula is C6H13Na3O9S6. The van der Waals surface area contributed by atoms with Crippen molar-refractivity contribution in [3.8, 4) is 0 Å². The SMILES string of the molecule is O=S(=O)([O-])CCS.O=S(=O)([O-])CCSSCCS(=O)(=O)[O-].[Na+].[Na+].[Na+]. The molecule has 9 nitrogen and oxygen atoms in total. The molecule has 130 valence electrons. The van der Waals surface area contributed by atoms with Crippen LogP contribution in [0.4, 0.5) is 0 Å². The van der Waals surface area contributed by atoms with Crippen molar-refractivity contribution >= 4 is 64.6 Å². The fourth-order valence-corrected chi connectivity index (χ4v) is 5.74. The van der Waals surface area contributed by atoms with Gasteiger partial charge in [-0.05, 0) is 0 Å². The Bertz CT molecular complexity index is 539. The number of thiol groups is 1. The van der Waals surface area contributed by atoms with Crippen LogP contribution in [0, 0.1) is 0 Å². The molecule has 24 heavy (non-hydrogen) atoms. The van der Waals surface area contributed by atoms with E-state index in [1.165, 1.54) is 0 Å². The zero-order chi connectivity index (χ0) is 17.2. The molecule has 0 saturated carbocycles. The second-order valence-electron chi connectivity index (χ2n) is 3.15. The van der Waals surface area contributed by atoms with E-state index in [1.54, 1.807) is 0 Å². The molecule has 0 aromatic rings. The first-order valence-corrected chi connectivity index (χ1v) is 12.8. The van der Waals surface area contributed by atoms with Crippen LogP contribution in [0.1, 0.15) is 0 Å². The number of hydrogen-bond acceptors (Lipinski definition) is 12. The van der Waals surface area contributed by atoms with Crippen molar-refractivity contribution in [2.75, 3.05) is 34.5 Å². The van der Waals surface area contributed by atoms with Crippen LogP contribution in [0.15, 0.2) is 0 Å². The van der Waals surface area contributed by atoms with E-state index in [0.29, 0.717) is 0 Å². The van der Waals surface area contributed by atoms with Gasteiger partial charge in [0.1, 0.15) is 0 Å². The first-order valence-electron chi connectivity index (χ1n) is 4.93. The standard InChI is InChI=1S/C4H10O6S4.C2H6O3S2.3Na/c5-13(6,7)3-1-11-12-2-4-14(8,9)10;3-7(4,5)2-1-6;;;/h1-4H2,(H,5,6,7)(H,8,9,10);6H,1-2H2,(H,3,4,5);;;/q;;3*+1/p-3. The van der Waals surface area contributed by atoms with Gasteiger partial charge >= 0.3 is 88.7 Å². The Morgan fingerprint density at radius 1 is 0.625 bits per heavy atom. The van der Waals surface area contributed by atoms with Gasteiger partial charge in [0.25, 0.3) is 0 Å². The minimum absolute atomic E-state index is 0. The molecule has 0 aliphatic rings. The van der Waals surface area contributed by atoms with Gasteiger partial charge in [0, 0.05) is 34.5 Å². The van der Waals surface area contributed by atoms with E-state index in [1.807, 2.05) is 0 Å². The largest absolute Gasteiger partial charge is 1.00 e. The van der Waals surface area contributed by atoms with Crippen LogP contribution in [0.5, 0.6) is 0 Å². The molecule has 0 rings (SSSR count). The molecule has 0 bridgehead atoms. The average molecular weight is 491 g/mol. The third-order valence-corrected chi connectivity index (χ3v) is 6.82. The summed E-state index contributed by atoms with van der Waals surface area (Å²) in [6, 6.07) is 0. The summed E-state index contributed by atoms with van der Waals surface area (Å²) in [5, 5.41) is 0. The van der Waals surface area contributed by atoms with Crippen LogP contribution < -0.4 is 88.7 Å². The van der Waals surface area contributed by atoms with Gasteiger partial charge in [-0.2, -0.15) is 12.6 Å². The van der Waals surface area contributed by atoms with Gasteiger partial charge in [0.2, 0.25) is 0 Å². The quantitative estimate of drug-likeness (QED) is 0.107. The number of hydrogen-bond donors (Lipinski definition) is 1. The van der Waals surface area contributed by atoms with Crippen molar-refractivity contribution < 1.29 is 128 Å². The molecule has 18 heteroatoms. The third kappa shape index (κ3) is 44.9. The molecule has 0 aromatic heterocycles. The Morgan fingerprint density at radius 3 is 1.00 bits per heavy atom. The Morgan fingerprint density at radius 2 is 0.875 bits per heavy atom. The molecule has 0 unspecified atom stereocenters. The third-order valence-electron chi connectivity index (χ3n) is 1.26. The Balaban J connectivity index is -0.000000105. The van der Waals surface area contributed by atoms with Crippen molar-refractivity contribution in [1.82, 2.24) is 0 Å². The summed E-state index contributed by atoms with van der Waals surface area (Å²) in [6.45, 7) is 0. The Kier molecular flexibility index (Phi) is 32.1. The van der Waals surface area contributed by atoms with Crippen LogP contribution in [-0.4, -0.2) is 73.4 Å². The summed E-state index contributed by atoms with van der Waals surface area (Å²) in [7, 11) is -10.3. The van der Waals surface area contributed by atoms with Gasteiger partial charge in [-0.3, -0.25) is 0 Å². The van der Waals surface area contributed by atoms with Gasteiger partial charge in [0.05, 0.1) is 30.4 Å². The maximum absolute atomic E-state index is 10.1. The summed E-state index contributed by atoms with van der Waals surface area (Å²) in [6.07, 6.45) is 0. The van der Waals surface area contributed by atoms with Gasteiger partial charge in [-0.15, -0.1) is 0 Å². The second kappa shape index (κ2) is 20.1. The van der Waals surface area contributed by atoms with E-state index in [9.17, 15) is 38.9 Å². The maximum Gasteiger partial charge on any atom is 1.00 e.